The van der Waals surface area contributed by atoms with Crippen LogP contribution in [0.25, 0.3) is 10.9 Å². The van der Waals surface area contributed by atoms with Crippen LogP contribution in [0, 0.1) is 0 Å². The molecule has 0 aliphatic heterocycles. The number of benzene rings is 1. The van der Waals surface area contributed by atoms with Crippen molar-refractivity contribution >= 4 is 16.7 Å². The second-order valence-electron chi connectivity index (χ2n) is 5.22. The smallest absolute Gasteiger partial charge is 0.205 e. The van der Waals surface area contributed by atoms with E-state index in [4.69, 9.17) is 14.2 Å². The molecule has 1 N–H and O–H groups in total. The largest absolute Gasteiger partial charge is 0.493 e. The molecule has 1 aromatic heterocycles. The van der Waals surface area contributed by atoms with E-state index in [2.05, 4.69) is 34.0 Å². The van der Waals surface area contributed by atoms with E-state index < -0.39 is 0 Å². The number of ether oxygens (including phenoxy) is 3. The zero-order valence-corrected chi connectivity index (χ0v) is 15.0. The van der Waals surface area contributed by atoms with Crippen molar-refractivity contribution in [2.75, 3.05) is 52.8 Å². The molecule has 1 heterocycles. The maximum Gasteiger partial charge on any atom is 0.205 e. The maximum atomic E-state index is 5.49. The maximum absolute atomic E-state index is 5.49. The number of nitrogens with one attached hydrogen (secondary N) is 1. The fraction of sp³-hybridized carbons (Fsp3) is 0.529. The molecule has 7 heteroatoms. The van der Waals surface area contributed by atoms with Gasteiger partial charge >= 0.3 is 0 Å². The van der Waals surface area contributed by atoms with Crippen LogP contribution >= 0.6 is 0 Å². The number of rotatable bonds is 9. The quantitative estimate of drug-likeness (QED) is 0.755. The van der Waals surface area contributed by atoms with E-state index in [9.17, 15) is 0 Å². The average Bonchev–Trinajstić information content (AvgIpc) is 2.63. The Hall–Kier alpha value is -2.28. The van der Waals surface area contributed by atoms with Crippen molar-refractivity contribution in [3.63, 3.8) is 0 Å². The number of hydrogen-bond donors (Lipinski definition) is 1. The number of likely N-dealkylation sites (N-methyl/N-ethyl adjacent to an activating group) is 1. The van der Waals surface area contributed by atoms with Gasteiger partial charge in [0.15, 0.2) is 11.5 Å². The number of nitrogens with zero attached hydrogens (tertiary/aromatic N) is 3. The molecule has 0 aliphatic rings. The van der Waals surface area contributed by atoms with Crippen LogP contribution in [0.15, 0.2) is 12.4 Å². The summed E-state index contributed by atoms with van der Waals surface area (Å²) in [6.45, 7) is 8.12. The topological polar surface area (TPSA) is 68.7 Å². The minimum Gasteiger partial charge on any atom is -0.493 e. The van der Waals surface area contributed by atoms with Crippen LogP contribution in [0.2, 0.25) is 0 Å². The third kappa shape index (κ3) is 3.62. The molecular weight excluding hydrogens is 308 g/mol. The summed E-state index contributed by atoms with van der Waals surface area (Å²) in [4.78, 5) is 11.1. The van der Waals surface area contributed by atoms with Crippen LogP contribution in [-0.2, 0) is 0 Å². The Morgan fingerprint density at radius 2 is 1.71 bits per heavy atom. The lowest BCUT2D eigenvalue weighted by Gasteiger charge is -2.19. The van der Waals surface area contributed by atoms with Crippen molar-refractivity contribution in [1.29, 1.82) is 0 Å². The first-order valence-corrected chi connectivity index (χ1v) is 8.09. The number of aromatic nitrogens is 2. The van der Waals surface area contributed by atoms with Gasteiger partial charge in [-0.05, 0) is 19.2 Å². The first-order chi connectivity index (χ1) is 11.7. The van der Waals surface area contributed by atoms with Crippen molar-refractivity contribution in [3.05, 3.63) is 12.4 Å². The lowest BCUT2D eigenvalue weighted by Crippen LogP contribution is -2.28. The molecule has 2 aromatic rings. The third-order valence-corrected chi connectivity index (χ3v) is 4.05. The Morgan fingerprint density at radius 1 is 1.00 bits per heavy atom. The summed E-state index contributed by atoms with van der Waals surface area (Å²) in [5.74, 6) is 2.41. The molecule has 24 heavy (non-hydrogen) atoms. The van der Waals surface area contributed by atoms with E-state index in [0.717, 1.165) is 37.4 Å². The summed E-state index contributed by atoms with van der Waals surface area (Å²) in [7, 11) is 4.77. The molecule has 0 bridgehead atoms. The van der Waals surface area contributed by atoms with Crippen LogP contribution in [0.5, 0.6) is 17.2 Å². The van der Waals surface area contributed by atoms with Crippen LogP contribution in [-0.4, -0.2) is 62.4 Å². The molecular formula is C17H26N4O3. The van der Waals surface area contributed by atoms with Gasteiger partial charge < -0.3 is 24.4 Å². The van der Waals surface area contributed by atoms with E-state index in [1.165, 1.54) is 6.33 Å². The lowest BCUT2D eigenvalue weighted by molar-refractivity contribution is 0.316. The zero-order chi connectivity index (χ0) is 17.5. The third-order valence-electron chi connectivity index (χ3n) is 4.05. The molecule has 0 unspecified atom stereocenters. The van der Waals surface area contributed by atoms with Gasteiger partial charge in [-0.15, -0.1) is 0 Å². The lowest BCUT2D eigenvalue weighted by atomic mass is 10.2. The van der Waals surface area contributed by atoms with Gasteiger partial charge in [-0.1, -0.05) is 13.8 Å². The number of methoxy groups -OCH3 is 3. The standard InChI is InChI=1S/C17H26N4O3/c1-6-21(7-2)9-8-18-17-12-10-13(22-3)15(23-4)16(24-5)14(12)19-11-20-17/h10-11H,6-9H2,1-5H3,(H,18,19,20). The molecule has 0 fully saturated rings. The summed E-state index contributed by atoms with van der Waals surface area (Å²) in [6.07, 6.45) is 1.52. The van der Waals surface area contributed by atoms with Crippen molar-refractivity contribution < 1.29 is 14.2 Å². The Balaban J connectivity index is 2.38. The predicted molar refractivity (Wildman–Crippen MR) is 95.5 cm³/mol. The summed E-state index contributed by atoms with van der Waals surface area (Å²) >= 11 is 0. The van der Waals surface area contributed by atoms with Crippen LogP contribution < -0.4 is 19.5 Å². The molecule has 132 valence electrons. The molecule has 1 aromatic carbocycles. The fourth-order valence-corrected chi connectivity index (χ4v) is 2.68. The highest BCUT2D eigenvalue weighted by molar-refractivity contribution is 5.96. The summed E-state index contributed by atoms with van der Waals surface area (Å²) in [6, 6.07) is 1.87. The van der Waals surface area contributed by atoms with Crippen molar-refractivity contribution in [2.24, 2.45) is 0 Å². The van der Waals surface area contributed by atoms with E-state index in [1.807, 2.05) is 6.07 Å². The molecule has 2 rings (SSSR count). The number of hydrogen-bond acceptors (Lipinski definition) is 7. The minimum atomic E-state index is 0.528. The van der Waals surface area contributed by atoms with Gasteiger partial charge in [-0.25, -0.2) is 9.97 Å². The summed E-state index contributed by atoms with van der Waals surface area (Å²) < 4.78 is 16.3. The highest BCUT2D eigenvalue weighted by Gasteiger charge is 2.19. The molecule has 0 radical (unpaired) electrons. The molecule has 0 atom stereocenters. The van der Waals surface area contributed by atoms with Gasteiger partial charge in [0.1, 0.15) is 17.7 Å². The first kappa shape index (κ1) is 18.1. The van der Waals surface area contributed by atoms with Gasteiger partial charge in [0.25, 0.3) is 0 Å². The van der Waals surface area contributed by atoms with E-state index >= 15 is 0 Å². The van der Waals surface area contributed by atoms with Gasteiger partial charge in [0.2, 0.25) is 5.75 Å². The zero-order valence-electron chi connectivity index (χ0n) is 15.0. The SMILES string of the molecule is CCN(CC)CCNc1ncnc2c(OC)c(OC)c(OC)cc12. The van der Waals surface area contributed by atoms with Gasteiger partial charge in [-0.3, -0.25) is 0 Å². The van der Waals surface area contributed by atoms with E-state index in [1.54, 1.807) is 21.3 Å². The van der Waals surface area contributed by atoms with Gasteiger partial charge in [-0.2, -0.15) is 0 Å². The monoisotopic (exact) mass is 334 g/mol. The van der Waals surface area contributed by atoms with Crippen molar-refractivity contribution in [3.8, 4) is 17.2 Å². The van der Waals surface area contributed by atoms with Gasteiger partial charge in [0.05, 0.1) is 26.7 Å². The Kier molecular flexibility index (Phi) is 6.43. The van der Waals surface area contributed by atoms with Gasteiger partial charge in [0, 0.05) is 13.1 Å². The predicted octanol–water partition coefficient (Wildman–Crippen LogP) is 2.41. The van der Waals surface area contributed by atoms with E-state index in [-0.39, 0.29) is 0 Å². The Labute approximate surface area is 142 Å². The summed E-state index contributed by atoms with van der Waals surface area (Å²) in [5.41, 5.74) is 0.690. The molecule has 0 spiro atoms. The van der Waals surface area contributed by atoms with Crippen LogP contribution in [0.1, 0.15) is 13.8 Å². The number of anilines is 1. The fourth-order valence-electron chi connectivity index (χ4n) is 2.68. The molecule has 0 saturated carbocycles. The van der Waals surface area contributed by atoms with Crippen molar-refractivity contribution in [1.82, 2.24) is 14.9 Å². The Bertz CT molecular complexity index is 674. The molecule has 0 saturated heterocycles. The second kappa shape index (κ2) is 8.54. The molecule has 0 aliphatic carbocycles. The Morgan fingerprint density at radius 3 is 2.29 bits per heavy atom. The summed E-state index contributed by atoms with van der Waals surface area (Å²) in [5, 5.41) is 4.22. The normalized spacial score (nSPS) is 10.9. The minimum absolute atomic E-state index is 0.528. The second-order valence-corrected chi connectivity index (χ2v) is 5.22. The van der Waals surface area contributed by atoms with Crippen LogP contribution in [0.4, 0.5) is 5.82 Å². The van der Waals surface area contributed by atoms with Crippen molar-refractivity contribution in [2.45, 2.75) is 13.8 Å². The first-order valence-electron chi connectivity index (χ1n) is 8.09. The average molecular weight is 334 g/mol. The van der Waals surface area contributed by atoms with E-state index in [0.29, 0.717) is 22.8 Å². The molecule has 0 amide bonds. The highest BCUT2D eigenvalue weighted by Crippen LogP contribution is 2.43. The molecule has 7 nitrogen and oxygen atoms in total. The van der Waals surface area contributed by atoms with Crippen LogP contribution in [0.3, 0.4) is 0 Å². The highest BCUT2D eigenvalue weighted by atomic mass is 16.5. The number of fused-ring (bicyclic) bond motifs is 1.